The molecular weight excluding hydrogens is 556 g/mol. The summed E-state index contributed by atoms with van der Waals surface area (Å²) in [5, 5.41) is -2.11. The molecule has 0 bridgehead atoms. The van der Waals surface area contributed by atoms with Gasteiger partial charge in [0.05, 0.1) is 41.1 Å². The highest BCUT2D eigenvalue weighted by atomic mass is 16.5. The Morgan fingerprint density at radius 3 is 2.00 bits per heavy atom. The van der Waals surface area contributed by atoms with Crippen LogP contribution in [0.1, 0.15) is 57.9 Å². The maximum atomic E-state index is 10.4. The third kappa shape index (κ3) is 2.87. The van der Waals surface area contributed by atoms with Gasteiger partial charge in [0.25, 0.3) is 0 Å². The van der Waals surface area contributed by atoms with Gasteiger partial charge in [0.15, 0.2) is 0 Å². The van der Waals surface area contributed by atoms with Crippen molar-refractivity contribution in [3.63, 3.8) is 0 Å². The third-order valence-corrected chi connectivity index (χ3v) is 8.70. The van der Waals surface area contributed by atoms with Crippen LogP contribution in [0.25, 0.3) is 66.1 Å². The Morgan fingerprint density at radius 2 is 1.09 bits per heavy atom. The number of hydrogen-bond acceptors (Lipinski definition) is 1. The van der Waals surface area contributed by atoms with E-state index < -0.39 is 262 Å². The van der Waals surface area contributed by atoms with Gasteiger partial charge in [-0.05, 0) is 95.5 Å². The van der Waals surface area contributed by atoms with Gasteiger partial charge in [-0.25, -0.2) is 0 Å². The zero-order valence-corrected chi connectivity index (χ0v) is 22.9. The topological polar surface area (TPSA) is 9.23 Å². The second kappa shape index (κ2) is 8.62. The minimum absolute atomic E-state index is 0.434. The molecule has 0 N–H and O–H groups in total. The van der Waals surface area contributed by atoms with Crippen LogP contribution in [0.5, 0.6) is 11.5 Å². The SMILES string of the molecule is [2H]c1c([2H])c([2H])c2c(c1[2H])Oc1c([2H])c([2H])c(-c3c([2H])c([2H])c4c(c3[2H])C3(c5c([2H])c([2H])c([2H])c([2H])c5-4)c4c([2H])c([2H])c([2H])c([2H])c4-c4c3c([2H])c([2H])c3c([2H])c([2H])c([2H])c([2H])c43)c3c([2H])c([2H])c([2H])c-2c13. The van der Waals surface area contributed by atoms with Gasteiger partial charge >= 0.3 is 0 Å². The van der Waals surface area contributed by atoms with Crippen LogP contribution in [0.4, 0.5) is 0 Å². The lowest BCUT2D eigenvalue weighted by Gasteiger charge is -2.31. The Kier molecular flexibility index (Phi) is 1.98. The standard InChI is InChI=1S/C45H26O/c1-2-11-30-27(10-1)21-24-39-43(30)36-14-4-7-18-38(36)45(39)37-17-6-3-12-31(37)32-22-20-28(26-40(32)45)29-23-25-42-44-34(29)15-9-16-35(44)33-13-5-8-19-41(33)46-42/h1-26H/i1D,2D,3D,4D,5D,6D,7D,8D,9D,10D,11D,12D,13D,14D,15D,16D,17D,18D,19D,20D,21D,22D,23D,24D,25D,26D. The van der Waals surface area contributed by atoms with E-state index >= 15 is 0 Å². The van der Waals surface area contributed by atoms with Crippen molar-refractivity contribution in [2.45, 2.75) is 5.41 Å². The Morgan fingerprint density at radius 1 is 0.413 bits per heavy atom. The molecule has 1 heterocycles. The molecule has 1 heteroatoms. The molecule has 3 aliphatic rings. The van der Waals surface area contributed by atoms with E-state index in [4.69, 9.17) is 22.6 Å². The molecule has 1 spiro atoms. The number of rotatable bonds is 1. The van der Waals surface area contributed by atoms with Crippen molar-refractivity contribution < 1.29 is 40.4 Å². The molecule has 1 nitrogen and oxygen atoms in total. The van der Waals surface area contributed by atoms with Crippen LogP contribution in [0.15, 0.2) is 157 Å². The maximum absolute atomic E-state index is 10.4. The van der Waals surface area contributed by atoms with Crippen molar-refractivity contribution in [1.29, 1.82) is 0 Å². The minimum Gasteiger partial charge on any atom is -0.456 e. The van der Waals surface area contributed by atoms with Gasteiger partial charge in [-0.2, -0.15) is 0 Å². The Balaban J connectivity index is 1.44. The summed E-state index contributed by atoms with van der Waals surface area (Å²) in [5.74, 6) is -1.19. The molecule has 0 aromatic heterocycles. The molecule has 212 valence electrons. The molecule has 1 unspecified atom stereocenters. The van der Waals surface area contributed by atoms with Crippen LogP contribution in [-0.4, -0.2) is 0 Å². The molecule has 1 atom stereocenters. The Labute approximate surface area is 303 Å². The molecule has 0 saturated heterocycles. The number of fused-ring (bicyclic) bond motifs is 14. The smallest absolute Gasteiger partial charge is 0.135 e. The van der Waals surface area contributed by atoms with E-state index in [2.05, 4.69) is 0 Å². The second-order valence-corrected chi connectivity index (χ2v) is 10.8. The van der Waals surface area contributed by atoms with Crippen LogP contribution >= 0.6 is 0 Å². The largest absolute Gasteiger partial charge is 0.456 e. The van der Waals surface area contributed by atoms with Crippen LogP contribution in [0.3, 0.4) is 0 Å². The number of benzene rings is 8. The predicted octanol–water partition coefficient (Wildman–Crippen LogP) is 11.8. The van der Waals surface area contributed by atoms with Gasteiger partial charge in [0.2, 0.25) is 0 Å². The van der Waals surface area contributed by atoms with E-state index in [1.54, 1.807) is 0 Å². The van der Waals surface area contributed by atoms with Gasteiger partial charge in [-0.15, -0.1) is 0 Å². The maximum Gasteiger partial charge on any atom is 0.135 e. The quantitative estimate of drug-likeness (QED) is 0.180. The molecule has 0 amide bonds. The lowest BCUT2D eigenvalue weighted by atomic mass is 9.70. The van der Waals surface area contributed by atoms with Gasteiger partial charge < -0.3 is 4.74 Å². The molecule has 8 aromatic carbocycles. The fraction of sp³-hybridized carbons (Fsp3) is 0.0222. The lowest BCUT2D eigenvalue weighted by Crippen LogP contribution is -2.25. The average Bonchev–Trinajstić information content (AvgIpc) is 3.84. The number of para-hydroxylation sites is 1. The highest BCUT2D eigenvalue weighted by Gasteiger charge is 2.52. The normalized spacial score (nSPS) is 24.0. The van der Waals surface area contributed by atoms with E-state index in [0.29, 0.717) is 0 Å². The molecule has 2 aliphatic carbocycles. The first-order chi connectivity index (χ1) is 33.6. The van der Waals surface area contributed by atoms with Crippen molar-refractivity contribution >= 4 is 21.5 Å². The zero-order valence-electron chi connectivity index (χ0n) is 48.9. The van der Waals surface area contributed by atoms with Gasteiger partial charge in [-0.3, -0.25) is 0 Å². The van der Waals surface area contributed by atoms with Crippen molar-refractivity contribution in [2.24, 2.45) is 0 Å². The van der Waals surface area contributed by atoms with Gasteiger partial charge in [0.1, 0.15) is 11.5 Å². The average molecular weight is 609 g/mol. The summed E-state index contributed by atoms with van der Waals surface area (Å²) in [6.45, 7) is 0. The highest BCUT2D eigenvalue weighted by Crippen LogP contribution is 2.64. The first kappa shape index (κ1) is 10.6. The summed E-state index contributed by atoms with van der Waals surface area (Å²) in [6, 6.07) is -22.9. The molecule has 8 aromatic rings. The van der Waals surface area contributed by atoms with Crippen molar-refractivity contribution in [2.75, 3.05) is 0 Å². The van der Waals surface area contributed by atoms with Crippen LogP contribution < -0.4 is 4.74 Å². The van der Waals surface area contributed by atoms with E-state index in [0.717, 1.165) is 0 Å². The predicted molar refractivity (Wildman–Crippen MR) is 189 cm³/mol. The molecule has 0 fully saturated rings. The number of hydrogen-bond donors (Lipinski definition) is 0. The highest BCUT2D eigenvalue weighted by molar-refractivity contribution is 6.11. The van der Waals surface area contributed by atoms with Crippen molar-refractivity contribution in [3.8, 4) is 56.0 Å². The first-order valence-corrected chi connectivity index (χ1v) is 13.9. The van der Waals surface area contributed by atoms with E-state index in [1.165, 1.54) is 0 Å². The van der Waals surface area contributed by atoms with Crippen molar-refractivity contribution in [1.82, 2.24) is 0 Å². The second-order valence-electron chi connectivity index (χ2n) is 10.8. The van der Waals surface area contributed by atoms with Crippen LogP contribution in [0.2, 0.25) is 0 Å². The van der Waals surface area contributed by atoms with Gasteiger partial charge in [-0.1, -0.05) is 139 Å². The Bertz CT molecular complexity index is 4090. The number of ether oxygens (including phenoxy) is 1. The molecule has 0 saturated carbocycles. The summed E-state index contributed by atoms with van der Waals surface area (Å²) in [5.41, 5.74) is -10.1. The minimum atomic E-state index is -2.85. The zero-order chi connectivity index (χ0) is 52.6. The molecule has 0 radical (unpaired) electrons. The molecular formula is C45H26O. The van der Waals surface area contributed by atoms with Crippen LogP contribution in [-0.2, 0) is 5.41 Å². The summed E-state index contributed by atoms with van der Waals surface area (Å²) in [7, 11) is 0. The summed E-state index contributed by atoms with van der Waals surface area (Å²) < 4.78 is 244. The lowest BCUT2D eigenvalue weighted by molar-refractivity contribution is 0.487. The summed E-state index contributed by atoms with van der Waals surface area (Å²) in [4.78, 5) is 0. The first-order valence-electron chi connectivity index (χ1n) is 26.9. The van der Waals surface area contributed by atoms with E-state index in [-0.39, 0.29) is 0 Å². The molecule has 46 heavy (non-hydrogen) atoms. The molecule has 11 rings (SSSR count). The van der Waals surface area contributed by atoms with Crippen molar-refractivity contribution in [3.05, 3.63) is 179 Å². The fourth-order valence-corrected chi connectivity index (χ4v) is 6.92. The monoisotopic (exact) mass is 608 g/mol. The van der Waals surface area contributed by atoms with Crippen LogP contribution in [0, 0.1) is 0 Å². The Hall–Kier alpha value is -5.92. The molecule has 1 aliphatic heterocycles. The summed E-state index contributed by atoms with van der Waals surface area (Å²) >= 11 is 0. The third-order valence-electron chi connectivity index (χ3n) is 8.70. The van der Waals surface area contributed by atoms with Gasteiger partial charge in [0, 0.05) is 10.9 Å². The van der Waals surface area contributed by atoms with E-state index in [1.807, 2.05) is 0 Å². The fourth-order valence-electron chi connectivity index (χ4n) is 6.92. The van der Waals surface area contributed by atoms with E-state index in [9.17, 15) is 17.8 Å². The summed E-state index contributed by atoms with van der Waals surface area (Å²) in [6.07, 6.45) is 0.